The molecule has 1 heterocycles. The summed E-state index contributed by atoms with van der Waals surface area (Å²) in [5.74, 6) is -1.30. The minimum Gasteiger partial charge on any atom is -0.481 e. The minimum absolute atomic E-state index is 0.00372. The van der Waals surface area contributed by atoms with Crippen LogP contribution < -0.4 is 5.32 Å². The molecule has 1 fully saturated rings. The summed E-state index contributed by atoms with van der Waals surface area (Å²) < 4.78 is 4.92. The van der Waals surface area contributed by atoms with E-state index in [0.717, 1.165) is 0 Å². The van der Waals surface area contributed by atoms with Gasteiger partial charge in [-0.3, -0.25) is 4.79 Å². The maximum atomic E-state index is 11.8. The summed E-state index contributed by atoms with van der Waals surface area (Å²) in [6.07, 6.45) is 0. The maximum Gasteiger partial charge on any atom is 0.317 e. The average molecular weight is 244 g/mol. The van der Waals surface area contributed by atoms with Gasteiger partial charge in [0.05, 0.1) is 18.6 Å². The van der Waals surface area contributed by atoms with Crippen LogP contribution in [0.2, 0.25) is 0 Å². The first-order valence-electron chi connectivity index (χ1n) is 5.72. The molecule has 0 aromatic rings. The molecule has 0 bridgehead atoms. The highest BCUT2D eigenvalue weighted by Crippen LogP contribution is 2.22. The fourth-order valence-electron chi connectivity index (χ4n) is 2.05. The van der Waals surface area contributed by atoms with Crippen LogP contribution in [0.3, 0.4) is 0 Å². The van der Waals surface area contributed by atoms with Gasteiger partial charge in [-0.2, -0.15) is 0 Å². The summed E-state index contributed by atoms with van der Waals surface area (Å²) in [6, 6.07) is -0.295. The first-order valence-corrected chi connectivity index (χ1v) is 5.72. The second-order valence-corrected chi connectivity index (χ2v) is 4.63. The van der Waals surface area contributed by atoms with E-state index in [1.807, 2.05) is 13.8 Å². The van der Waals surface area contributed by atoms with Gasteiger partial charge in [-0.05, 0) is 12.8 Å². The number of urea groups is 1. The molecule has 6 nitrogen and oxygen atoms in total. The van der Waals surface area contributed by atoms with Crippen LogP contribution in [0.15, 0.2) is 0 Å². The van der Waals surface area contributed by atoms with E-state index in [-0.39, 0.29) is 24.5 Å². The lowest BCUT2D eigenvalue weighted by Gasteiger charge is -2.20. The molecule has 1 aliphatic heterocycles. The molecule has 3 atom stereocenters. The van der Waals surface area contributed by atoms with Crippen LogP contribution in [0.5, 0.6) is 0 Å². The lowest BCUT2D eigenvalue weighted by Crippen LogP contribution is -2.44. The number of nitrogens with zero attached hydrogens (tertiary/aromatic N) is 1. The average Bonchev–Trinajstić information content (AvgIpc) is 2.60. The highest BCUT2D eigenvalue weighted by atomic mass is 16.5. The molecule has 1 aliphatic rings. The highest BCUT2D eigenvalue weighted by molar-refractivity contribution is 5.77. The molecule has 1 rings (SSSR count). The Labute approximate surface area is 101 Å². The van der Waals surface area contributed by atoms with Gasteiger partial charge in [0.15, 0.2) is 0 Å². The Kier molecular flexibility index (Phi) is 4.74. The number of nitrogens with one attached hydrogen (secondary N) is 1. The van der Waals surface area contributed by atoms with Crippen LogP contribution in [-0.2, 0) is 9.53 Å². The van der Waals surface area contributed by atoms with Crippen LogP contribution >= 0.6 is 0 Å². The van der Waals surface area contributed by atoms with E-state index in [1.54, 1.807) is 12.0 Å². The number of amides is 2. The molecule has 0 spiro atoms. The number of carbonyl (C=O) groups is 2. The van der Waals surface area contributed by atoms with Crippen molar-refractivity contribution < 1.29 is 19.4 Å². The quantitative estimate of drug-likeness (QED) is 0.749. The van der Waals surface area contributed by atoms with E-state index in [4.69, 9.17) is 9.84 Å². The van der Waals surface area contributed by atoms with Gasteiger partial charge in [-0.25, -0.2) is 4.79 Å². The molecule has 17 heavy (non-hydrogen) atoms. The normalized spacial score (nSPS) is 25.7. The lowest BCUT2D eigenvalue weighted by atomic mass is 9.99. The second-order valence-electron chi connectivity index (χ2n) is 4.63. The first-order chi connectivity index (χ1) is 7.95. The molecular formula is C11H20N2O4. The van der Waals surface area contributed by atoms with Crippen molar-refractivity contribution in [2.75, 3.05) is 26.8 Å². The molecule has 3 unspecified atom stereocenters. The van der Waals surface area contributed by atoms with Crippen molar-refractivity contribution in [3.05, 3.63) is 0 Å². The first kappa shape index (κ1) is 13.8. The molecule has 0 aromatic heterocycles. The zero-order valence-electron chi connectivity index (χ0n) is 10.5. The van der Waals surface area contributed by atoms with Crippen molar-refractivity contribution in [1.82, 2.24) is 10.2 Å². The second kappa shape index (κ2) is 5.86. The molecule has 2 N–H and O–H groups in total. The maximum absolute atomic E-state index is 11.8. The number of hydrogen-bond donors (Lipinski definition) is 2. The third-order valence-corrected chi connectivity index (χ3v) is 3.00. The number of aliphatic carboxylic acids is 1. The van der Waals surface area contributed by atoms with Gasteiger partial charge < -0.3 is 20.1 Å². The largest absolute Gasteiger partial charge is 0.481 e. The van der Waals surface area contributed by atoms with Gasteiger partial charge in [-0.15, -0.1) is 0 Å². The molecule has 98 valence electrons. The van der Waals surface area contributed by atoms with Crippen molar-refractivity contribution >= 4 is 12.0 Å². The predicted molar refractivity (Wildman–Crippen MR) is 61.7 cm³/mol. The molecule has 0 radical (unpaired) electrons. The van der Waals surface area contributed by atoms with Crippen LogP contribution in [0.25, 0.3) is 0 Å². The molecule has 0 aromatic carbocycles. The summed E-state index contributed by atoms with van der Waals surface area (Å²) in [5.41, 5.74) is 0. The number of ether oxygens (including phenoxy) is 1. The van der Waals surface area contributed by atoms with E-state index in [9.17, 15) is 9.59 Å². The van der Waals surface area contributed by atoms with E-state index in [2.05, 4.69) is 5.32 Å². The van der Waals surface area contributed by atoms with Crippen molar-refractivity contribution in [3.8, 4) is 0 Å². The number of hydrogen-bond acceptors (Lipinski definition) is 3. The van der Waals surface area contributed by atoms with Crippen molar-refractivity contribution in [1.29, 1.82) is 0 Å². The van der Waals surface area contributed by atoms with Gasteiger partial charge in [0.1, 0.15) is 0 Å². The van der Waals surface area contributed by atoms with Gasteiger partial charge in [0.25, 0.3) is 0 Å². The number of carboxylic acids is 1. The minimum atomic E-state index is -0.835. The zero-order valence-corrected chi connectivity index (χ0v) is 10.5. The topological polar surface area (TPSA) is 78.9 Å². The summed E-state index contributed by atoms with van der Waals surface area (Å²) in [7, 11) is 1.57. The van der Waals surface area contributed by atoms with Crippen LogP contribution in [0, 0.1) is 11.8 Å². The lowest BCUT2D eigenvalue weighted by molar-refractivity contribution is -0.142. The SMILES string of the molecule is COCC(C)NC(=O)N1CC(C)C(C(=O)O)C1. The zero-order chi connectivity index (χ0) is 13.0. The van der Waals surface area contributed by atoms with Crippen LogP contribution in [0.1, 0.15) is 13.8 Å². The molecule has 6 heteroatoms. The van der Waals surface area contributed by atoms with E-state index < -0.39 is 11.9 Å². The van der Waals surface area contributed by atoms with Crippen molar-refractivity contribution in [3.63, 3.8) is 0 Å². The molecule has 2 amide bonds. The Bertz CT molecular complexity index is 295. The fourth-order valence-corrected chi connectivity index (χ4v) is 2.05. The predicted octanol–water partition coefficient (Wildman–Crippen LogP) is 0.383. The number of carbonyl (C=O) groups excluding carboxylic acids is 1. The Morgan fingerprint density at radius 3 is 2.65 bits per heavy atom. The van der Waals surface area contributed by atoms with Crippen molar-refractivity contribution in [2.24, 2.45) is 11.8 Å². The molecule has 0 aliphatic carbocycles. The Morgan fingerprint density at radius 1 is 1.53 bits per heavy atom. The number of methoxy groups -OCH3 is 1. The standard InChI is InChI=1S/C11H20N2O4/c1-7-4-13(5-9(7)10(14)15)11(16)12-8(2)6-17-3/h7-9H,4-6H2,1-3H3,(H,12,16)(H,14,15). The summed E-state index contributed by atoms with van der Waals surface area (Å²) in [6.45, 7) is 4.91. The fraction of sp³-hybridized carbons (Fsp3) is 0.818. The Morgan fingerprint density at radius 2 is 2.18 bits per heavy atom. The number of likely N-dealkylation sites (tertiary alicyclic amines) is 1. The van der Waals surface area contributed by atoms with E-state index in [1.165, 1.54) is 0 Å². The van der Waals surface area contributed by atoms with Crippen molar-refractivity contribution in [2.45, 2.75) is 19.9 Å². The number of carboxylic acid groups (broad SMARTS) is 1. The summed E-state index contributed by atoms with van der Waals surface area (Å²) in [5, 5.41) is 11.7. The summed E-state index contributed by atoms with van der Waals surface area (Å²) in [4.78, 5) is 24.3. The van der Waals surface area contributed by atoms with Gasteiger partial charge >= 0.3 is 12.0 Å². The Hall–Kier alpha value is -1.30. The number of rotatable bonds is 4. The molecular weight excluding hydrogens is 224 g/mol. The van der Waals surface area contributed by atoms with Gasteiger partial charge in [0, 0.05) is 20.2 Å². The van der Waals surface area contributed by atoms with Crippen LogP contribution in [0.4, 0.5) is 4.79 Å². The smallest absolute Gasteiger partial charge is 0.317 e. The summed E-state index contributed by atoms with van der Waals surface area (Å²) >= 11 is 0. The van der Waals surface area contributed by atoms with Crippen LogP contribution in [-0.4, -0.2) is 54.9 Å². The molecule has 1 saturated heterocycles. The van der Waals surface area contributed by atoms with E-state index in [0.29, 0.717) is 13.2 Å². The third-order valence-electron chi connectivity index (χ3n) is 3.00. The van der Waals surface area contributed by atoms with Gasteiger partial charge in [0.2, 0.25) is 0 Å². The van der Waals surface area contributed by atoms with Gasteiger partial charge in [-0.1, -0.05) is 6.92 Å². The van der Waals surface area contributed by atoms with E-state index >= 15 is 0 Å². The third kappa shape index (κ3) is 3.59. The molecule has 0 saturated carbocycles. The monoisotopic (exact) mass is 244 g/mol. The Balaban J connectivity index is 2.47. The highest BCUT2D eigenvalue weighted by Gasteiger charge is 2.37.